The molecule has 1 unspecified atom stereocenters. The molecule has 0 aliphatic carbocycles. The monoisotopic (exact) mass is 310 g/mol. The van der Waals surface area contributed by atoms with Gasteiger partial charge in [0.15, 0.2) is 4.80 Å². The third-order valence-corrected chi connectivity index (χ3v) is 4.83. The van der Waals surface area contributed by atoms with Gasteiger partial charge in [-0.05, 0) is 38.1 Å². The zero-order chi connectivity index (χ0) is 14.9. The van der Waals surface area contributed by atoms with E-state index in [0.29, 0.717) is 5.02 Å². The first-order chi connectivity index (χ1) is 9.40. The van der Waals surface area contributed by atoms with Crippen LogP contribution in [0.25, 0.3) is 0 Å². The highest BCUT2D eigenvalue weighted by Gasteiger charge is 2.20. The van der Waals surface area contributed by atoms with Gasteiger partial charge in [-0.25, -0.2) is 4.99 Å². The number of carboxylic acids is 1. The quantitative estimate of drug-likeness (QED) is 0.943. The van der Waals surface area contributed by atoms with Crippen molar-refractivity contribution in [1.29, 1.82) is 0 Å². The van der Waals surface area contributed by atoms with E-state index in [9.17, 15) is 4.79 Å². The molecule has 1 aromatic carbocycles. The molecule has 0 bridgehead atoms. The summed E-state index contributed by atoms with van der Waals surface area (Å²) in [6.45, 7) is 3.60. The zero-order valence-electron chi connectivity index (χ0n) is 11.4. The maximum atomic E-state index is 11.1. The molecule has 0 aliphatic rings. The Morgan fingerprint density at radius 2 is 2.00 bits per heavy atom. The van der Waals surface area contributed by atoms with Gasteiger partial charge in [-0.3, -0.25) is 4.79 Å². The highest BCUT2D eigenvalue weighted by molar-refractivity contribution is 7.09. The number of carbonyl (C=O) groups is 1. The highest BCUT2D eigenvalue weighted by Crippen LogP contribution is 2.23. The van der Waals surface area contributed by atoms with Gasteiger partial charge in [0.1, 0.15) is 0 Å². The highest BCUT2D eigenvalue weighted by atomic mass is 35.5. The lowest BCUT2D eigenvalue weighted by Crippen LogP contribution is -2.11. The Morgan fingerprint density at radius 1 is 1.40 bits per heavy atom. The topological polar surface area (TPSA) is 54.6 Å². The van der Waals surface area contributed by atoms with Crippen molar-refractivity contribution in [2.45, 2.75) is 19.8 Å². The van der Waals surface area contributed by atoms with Gasteiger partial charge in [-0.1, -0.05) is 11.6 Å². The smallest absolute Gasteiger partial charge is 0.311 e. The maximum Gasteiger partial charge on any atom is 0.311 e. The summed E-state index contributed by atoms with van der Waals surface area (Å²) in [6, 6.07) is 7.22. The molecule has 0 amide bonds. The minimum atomic E-state index is -0.826. The zero-order valence-corrected chi connectivity index (χ0v) is 13.0. The molecule has 1 atom stereocenters. The van der Waals surface area contributed by atoms with E-state index < -0.39 is 11.9 Å². The summed E-state index contributed by atoms with van der Waals surface area (Å²) in [6.07, 6.45) is 0. The number of carboxylic acid groups (broad SMARTS) is 1. The second-order valence-electron chi connectivity index (χ2n) is 4.54. The van der Waals surface area contributed by atoms with Gasteiger partial charge in [0, 0.05) is 22.6 Å². The lowest BCUT2D eigenvalue weighted by atomic mass is 10.1. The standard InChI is InChI=1S/C14H15ClN2O2S/c1-8(13(18)19)12-9(2)17(3)14(20-12)16-11-6-4-10(15)5-7-11/h4-8H,1-3H3,(H,18,19)/b16-14+. The van der Waals surface area contributed by atoms with E-state index in [1.807, 2.05) is 30.7 Å². The summed E-state index contributed by atoms with van der Waals surface area (Å²) in [5.74, 6) is -1.35. The third-order valence-electron chi connectivity index (χ3n) is 3.16. The first kappa shape index (κ1) is 14.8. The number of aromatic nitrogens is 1. The number of rotatable bonds is 3. The molecule has 2 aromatic rings. The van der Waals surface area contributed by atoms with Crippen molar-refractivity contribution >= 4 is 34.6 Å². The minimum absolute atomic E-state index is 0.527. The molecular weight excluding hydrogens is 296 g/mol. The molecule has 0 saturated heterocycles. The lowest BCUT2D eigenvalue weighted by molar-refractivity contribution is -0.138. The summed E-state index contributed by atoms with van der Waals surface area (Å²) in [4.78, 5) is 17.3. The van der Waals surface area contributed by atoms with Crippen LogP contribution in [0.1, 0.15) is 23.4 Å². The largest absolute Gasteiger partial charge is 0.481 e. The molecule has 0 radical (unpaired) electrons. The van der Waals surface area contributed by atoms with E-state index in [4.69, 9.17) is 16.7 Å². The number of hydrogen-bond donors (Lipinski definition) is 1. The third kappa shape index (κ3) is 2.94. The minimum Gasteiger partial charge on any atom is -0.481 e. The van der Waals surface area contributed by atoms with Crippen LogP contribution in [0, 0.1) is 6.92 Å². The molecule has 0 saturated carbocycles. The van der Waals surface area contributed by atoms with E-state index in [1.165, 1.54) is 11.3 Å². The number of hydrogen-bond acceptors (Lipinski definition) is 3. The van der Waals surface area contributed by atoms with Gasteiger partial charge in [-0.2, -0.15) is 0 Å². The fraction of sp³-hybridized carbons (Fsp3) is 0.286. The molecule has 6 heteroatoms. The fourth-order valence-corrected chi connectivity index (χ4v) is 3.10. The SMILES string of the molecule is Cc1c(C(C)C(=O)O)s/c(=N/c2ccc(Cl)cc2)n1C. The van der Waals surface area contributed by atoms with Crippen LogP contribution in [0.15, 0.2) is 29.3 Å². The number of benzene rings is 1. The van der Waals surface area contributed by atoms with Crippen LogP contribution >= 0.6 is 22.9 Å². The second-order valence-corrected chi connectivity index (χ2v) is 5.99. The van der Waals surface area contributed by atoms with Crippen LogP contribution in [-0.2, 0) is 11.8 Å². The molecule has 106 valence electrons. The normalized spacial score (nSPS) is 13.5. The van der Waals surface area contributed by atoms with Gasteiger partial charge < -0.3 is 9.67 Å². The van der Waals surface area contributed by atoms with Crippen molar-refractivity contribution < 1.29 is 9.90 Å². The van der Waals surface area contributed by atoms with Crippen molar-refractivity contribution in [3.63, 3.8) is 0 Å². The Hall–Kier alpha value is -1.59. The van der Waals surface area contributed by atoms with Crippen molar-refractivity contribution in [3.05, 3.63) is 44.7 Å². The number of nitrogens with zero attached hydrogens (tertiary/aromatic N) is 2. The van der Waals surface area contributed by atoms with Crippen molar-refractivity contribution in [2.24, 2.45) is 12.0 Å². The number of aliphatic carboxylic acids is 1. The summed E-state index contributed by atoms with van der Waals surface area (Å²) in [5.41, 5.74) is 1.72. The van der Waals surface area contributed by atoms with Crippen LogP contribution < -0.4 is 4.80 Å². The Bertz CT molecular complexity index is 701. The van der Waals surface area contributed by atoms with Crippen molar-refractivity contribution in [1.82, 2.24) is 4.57 Å². The predicted octanol–water partition coefficient (Wildman–Crippen LogP) is 3.47. The van der Waals surface area contributed by atoms with Crippen molar-refractivity contribution in [3.8, 4) is 0 Å². The predicted molar refractivity (Wildman–Crippen MR) is 80.8 cm³/mol. The van der Waals surface area contributed by atoms with E-state index in [-0.39, 0.29) is 0 Å². The summed E-state index contributed by atoms with van der Waals surface area (Å²) in [5, 5.41) is 9.80. The van der Waals surface area contributed by atoms with Crippen LogP contribution in [0.5, 0.6) is 0 Å². The Kier molecular flexibility index (Phi) is 4.30. The summed E-state index contributed by atoms with van der Waals surface area (Å²) >= 11 is 7.25. The molecule has 2 rings (SSSR count). The Labute approximate surface area is 126 Å². The van der Waals surface area contributed by atoms with Crippen LogP contribution in [0.2, 0.25) is 5.02 Å². The average molecular weight is 311 g/mol. The van der Waals surface area contributed by atoms with Gasteiger partial charge >= 0.3 is 5.97 Å². The summed E-state index contributed by atoms with van der Waals surface area (Å²) in [7, 11) is 1.89. The van der Waals surface area contributed by atoms with E-state index in [0.717, 1.165) is 21.1 Å². The molecule has 1 N–H and O–H groups in total. The first-order valence-electron chi connectivity index (χ1n) is 6.09. The molecular formula is C14H15ClN2O2S. The molecule has 0 aliphatic heterocycles. The van der Waals surface area contributed by atoms with E-state index >= 15 is 0 Å². The fourth-order valence-electron chi connectivity index (χ4n) is 1.79. The molecule has 0 fully saturated rings. The Morgan fingerprint density at radius 3 is 2.55 bits per heavy atom. The van der Waals surface area contributed by atoms with E-state index in [2.05, 4.69) is 4.99 Å². The number of halogens is 1. The molecule has 1 heterocycles. The first-order valence-corrected chi connectivity index (χ1v) is 7.29. The maximum absolute atomic E-state index is 11.1. The van der Waals surface area contributed by atoms with Crippen molar-refractivity contribution in [2.75, 3.05) is 0 Å². The molecule has 20 heavy (non-hydrogen) atoms. The Balaban J connectivity index is 2.50. The lowest BCUT2D eigenvalue weighted by Gasteiger charge is -2.04. The van der Waals surface area contributed by atoms with Gasteiger partial charge in [0.25, 0.3) is 0 Å². The molecule has 1 aromatic heterocycles. The van der Waals surface area contributed by atoms with E-state index in [1.54, 1.807) is 19.1 Å². The van der Waals surface area contributed by atoms with Gasteiger partial charge in [0.05, 0.1) is 11.6 Å². The second kappa shape index (κ2) is 5.81. The summed E-state index contributed by atoms with van der Waals surface area (Å²) < 4.78 is 1.91. The van der Waals surface area contributed by atoms with Gasteiger partial charge in [0.2, 0.25) is 0 Å². The number of thiazole rings is 1. The van der Waals surface area contributed by atoms with Crippen LogP contribution in [-0.4, -0.2) is 15.6 Å². The van der Waals surface area contributed by atoms with Crippen LogP contribution in [0.4, 0.5) is 5.69 Å². The van der Waals surface area contributed by atoms with Gasteiger partial charge in [-0.15, -0.1) is 11.3 Å². The molecule has 4 nitrogen and oxygen atoms in total. The average Bonchev–Trinajstić information content (AvgIpc) is 2.69. The molecule has 0 spiro atoms. The van der Waals surface area contributed by atoms with Crippen LogP contribution in [0.3, 0.4) is 0 Å².